The minimum atomic E-state index is -0.509. The lowest BCUT2D eigenvalue weighted by Gasteiger charge is -2.09. The third-order valence-electron chi connectivity index (χ3n) is 2.79. The molecule has 0 saturated carbocycles. The molecule has 2 rings (SSSR count). The van der Waals surface area contributed by atoms with E-state index in [1.165, 1.54) is 12.1 Å². The Morgan fingerprint density at radius 1 is 1.19 bits per heavy atom. The summed E-state index contributed by atoms with van der Waals surface area (Å²) in [6.45, 7) is 0.0838. The number of nitrogens with zero attached hydrogens (tertiary/aromatic N) is 1. The summed E-state index contributed by atoms with van der Waals surface area (Å²) in [4.78, 5) is 10.5. The van der Waals surface area contributed by atoms with Crippen molar-refractivity contribution in [3.8, 4) is 5.75 Å². The molecule has 4 nitrogen and oxygen atoms in total. The number of alkyl halides is 1. The second kappa shape index (κ2) is 6.98. The molecule has 110 valence electrons. The van der Waals surface area contributed by atoms with Gasteiger partial charge in [0.15, 0.2) is 5.75 Å². The molecular formula is C14H10Cl3NO3. The molecule has 0 fully saturated rings. The summed E-state index contributed by atoms with van der Waals surface area (Å²) in [6.07, 6.45) is 0. The van der Waals surface area contributed by atoms with Gasteiger partial charge in [0.2, 0.25) is 0 Å². The zero-order valence-corrected chi connectivity index (χ0v) is 13.0. The highest BCUT2D eigenvalue weighted by Crippen LogP contribution is 2.31. The Labute approximate surface area is 136 Å². The molecule has 0 radical (unpaired) electrons. The summed E-state index contributed by atoms with van der Waals surface area (Å²) < 4.78 is 5.49. The van der Waals surface area contributed by atoms with Gasteiger partial charge in [-0.05, 0) is 17.7 Å². The van der Waals surface area contributed by atoms with Crippen molar-refractivity contribution in [1.82, 2.24) is 0 Å². The molecule has 2 aromatic carbocycles. The van der Waals surface area contributed by atoms with Crippen LogP contribution in [0.1, 0.15) is 11.1 Å². The summed E-state index contributed by atoms with van der Waals surface area (Å²) in [7, 11) is 0. The molecular weight excluding hydrogens is 337 g/mol. The van der Waals surface area contributed by atoms with Crippen LogP contribution >= 0.6 is 34.8 Å². The highest BCUT2D eigenvalue weighted by molar-refractivity contribution is 6.42. The van der Waals surface area contributed by atoms with E-state index in [0.717, 1.165) is 0 Å². The molecule has 0 amide bonds. The average Bonchev–Trinajstić information content (AvgIpc) is 2.48. The van der Waals surface area contributed by atoms with E-state index in [0.29, 0.717) is 21.2 Å². The maximum Gasteiger partial charge on any atom is 0.311 e. The molecule has 21 heavy (non-hydrogen) atoms. The van der Waals surface area contributed by atoms with E-state index in [1.807, 2.05) is 0 Å². The third kappa shape index (κ3) is 3.79. The molecule has 0 spiro atoms. The number of halogens is 3. The Morgan fingerprint density at radius 3 is 2.62 bits per heavy atom. The quantitative estimate of drug-likeness (QED) is 0.424. The van der Waals surface area contributed by atoms with E-state index in [4.69, 9.17) is 39.5 Å². The number of nitro benzene ring substituents is 1. The van der Waals surface area contributed by atoms with Crippen molar-refractivity contribution in [2.45, 2.75) is 12.5 Å². The maximum absolute atomic E-state index is 11.1. The molecule has 0 aliphatic heterocycles. The van der Waals surface area contributed by atoms with E-state index in [2.05, 4.69) is 0 Å². The van der Waals surface area contributed by atoms with Crippen LogP contribution < -0.4 is 4.74 Å². The minimum absolute atomic E-state index is 0.0838. The second-order valence-corrected chi connectivity index (χ2v) is 5.25. The van der Waals surface area contributed by atoms with Gasteiger partial charge in [-0.15, -0.1) is 11.6 Å². The van der Waals surface area contributed by atoms with Crippen molar-refractivity contribution in [2.24, 2.45) is 0 Å². The topological polar surface area (TPSA) is 52.4 Å². The van der Waals surface area contributed by atoms with Gasteiger partial charge in [0.25, 0.3) is 0 Å². The van der Waals surface area contributed by atoms with Crippen LogP contribution in [-0.2, 0) is 12.5 Å². The second-order valence-electron chi connectivity index (χ2n) is 4.19. The van der Waals surface area contributed by atoms with Crippen LogP contribution in [0.2, 0.25) is 10.0 Å². The van der Waals surface area contributed by atoms with Crippen LogP contribution in [0.15, 0.2) is 36.4 Å². The SMILES string of the molecule is O=[N+]([O-])c1cc(CCl)ccc1OCc1cccc(Cl)c1Cl. The summed E-state index contributed by atoms with van der Waals surface area (Å²) in [6, 6.07) is 9.72. The summed E-state index contributed by atoms with van der Waals surface area (Å²) in [5.74, 6) is 0.353. The molecule has 0 saturated heterocycles. The molecule has 0 aliphatic carbocycles. The van der Waals surface area contributed by atoms with Crippen LogP contribution in [0, 0.1) is 10.1 Å². The van der Waals surface area contributed by atoms with Crippen LogP contribution in [-0.4, -0.2) is 4.92 Å². The summed E-state index contributed by atoms with van der Waals surface area (Å²) in [5.41, 5.74) is 1.17. The van der Waals surface area contributed by atoms with Crippen molar-refractivity contribution < 1.29 is 9.66 Å². The molecule has 0 N–H and O–H groups in total. The van der Waals surface area contributed by atoms with E-state index in [-0.39, 0.29) is 23.9 Å². The Balaban J connectivity index is 2.23. The van der Waals surface area contributed by atoms with Crippen molar-refractivity contribution in [2.75, 3.05) is 0 Å². The Hall–Kier alpha value is -1.49. The van der Waals surface area contributed by atoms with E-state index in [9.17, 15) is 10.1 Å². The van der Waals surface area contributed by atoms with Crippen LogP contribution in [0.5, 0.6) is 5.75 Å². The maximum atomic E-state index is 11.1. The Kier molecular flexibility index (Phi) is 5.28. The predicted octanol–water partition coefficient (Wildman–Crippen LogP) is 5.22. The normalized spacial score (nSPS) is 10.4. The highest BCUT2D eigenvalue weighted by atomic mass is 35.5. The first-order valence-electron chi connectivity index (χ1n) is 5.92. The number of hydrogen-bond donors (Lipinski definition) is 0. The first-order valence-corrected chi connectivity index (χ1v) is 7.21. The van der Waals surface area contributed by atoms with E-state index >= 15 is 0 Å². The van der Waals surface area contributed by atoms with Gasteiger partial charge in [-0.25, -0.2) is 0 Å². The van der Waals surface area contributed by atoms with Gasteiger partial charge in [0.1, 0.15) is 6.61 Å². The molecule has 0 bridgehead atoms. The lowest BCUT2D eigenvalue weighted by molar-refractivity contribution is -0.386. The van der Waals surface area contributed by atoms with Crippen LogP contribution in [0.3, 0.4) is 0 Å². The lowest BCUT2D eigenvalue weighted by atomic mass is 10.2. The predicted molar refractivity (Wildman–Crippen MR) is 83.4 cm³/mol. The molecule has 0 aromatic heterocycles. The average molecular weight is 347 g/mol. The number of hydrogen-bond acceptors (Lipinski definition) is 3. The summed E-state index contributed by atoms with van der Waals surface area (Å²) in [5, 5.41) is 11.8. The number of nitro groups is 1. The molecule has 2 aromatic rings. The fourth-order valence-corrected chi connectivity index (χ4v) is 2.27. The smallest absolute Gasteiger partial charge is 0.311 e. The highest BCUT2D eigenvalue weighted by Gasteiger charge is 2.16. The Morgan fingerprint density at radius 2 is 1.95 bits per heavy atom. The number of ether oxygens (including phenoxy) is 1. The molecule has 0 atom stereocenters. The monoisotopic (exact) mass is 345 g/mol. The lowest BCUT2D eigenvalue weighted by Crippen LogP contribution is -2.00. The van der Waals surface area contributed by atoms with Gasteiger partial charge in [-0.3, -0.25) is 10.1 Å². The number of benzene rings is 2. The van der Waals surface area contributed by atoms with Gasteiger partial charge < -0.3 is 4.74 Å². The van der Waals surface area contributed by atoms with Crippen molar-refractivity contribution >= 4 is 40.5 Å². The van der Waals surface area contributed by atoms with Crippen molar-refractivity contribution in [3.05, 3.63) is 67.7 Å². The molecule has 0 aliphatic rings. The standard InChI is InChI=1S/C14H10Cl3NO3/c15-7-9-4-5-13(12(6-9)18(19)20)21-8-10-2-1-3-11(16)14(10)17/h1-6H,7-8H2. The van der Waals surface area contributed by atoms with Crippen molar-refractivity contribution in [3.63, 3.8) is 0 Å². The van der Waals surface area contributed by atoms with Crippen LogP contribution in [0.25, 0.3) is 0 Å². The van der Waals surface area contributed by atoms with Gasteiger partial charge in [0.05, 0.1) is 15.0 Å². The minimum Gasteiger partial charge on any atom is -0.482 e. The van der Waals surface area contributed by atoms with Crippen LogP contribution in [0.4, 0.5) is 5.69 Å². The number of rotatable bonds is 5. The van der Waals surface area contributed by atoms with E-state index in [1.54, 1.807) is 24.3 Å². The molecule has 7 heteroatoms. The van der Waals surface area contributed by atoms with Crippen molar-refractivity contribution in [1.29, 1.82) is 0 Å². The summed E-state index contributed by atoms with van der Waals surface area (Å²) >= 11 is 17.6. The van der Waals surface area contributed by atoms with Gasteiger partial charge >= 0.3 is 5.69 Å². The fraction of sp³-hybridized carbons (Fsp3) is 0.143. The zero-order valence-electron chi connectivity index (χ0n) is 10.7. The largest absolute Gasteiger partial charge is 0.482 e. The Bertz CT molecular complexity index is 677. The third-order valence-corrected chi connectivity index (χ3v) is 3.96. The fourth-order valence-electron chi connectivity index (χ4n) is 1.73. The van der Waals surface area contributed by atoms with Gasteiger partial charge in [0, 0.05) is 17.5 Å². The first kappa shape index (κ1) is 15.9. The first-order chi connectivity index (χ1) is 10.0. The molecule has 0 heterocycles. The van der Waals surface area contributed by atoms with Gasteiger partial charge in [-0.1, -0.05) is 41.4 Å². The van der Waals surface area contributed by atoms with E-state index < -0.39 is 4.92 Å². The molecule has 0 unspecified atom stereocenters. The van der Waals surface area contributed by atoms with Gasteiger partial charge in [-0.2, -0.15) is 0 Å². The zero-order chi connectivity index (χ0) is 15.4.